The van der Waals surface area contributed by atoms with Crippen molar-refractivity contribution in [1.29, 1.82) is 0 Å². The summed E-state index contributed by atoms with van der Waals surface area (Å²) in [6.07, 6.45) is 9.73. The molecule has 2 aromatic rings. The fraction of sp³-hybridized carbons (Fsp3) is 0.381. The Balaban J connectivity index is 0.00000169. The lowest BCUT2D eigenvalue weighted by Gasteiger charge is -2.32. The van der Waals surface area contributed by atoms with Crippen molar-refractivity contribution in [3.63, 3.8) is 0 Å². The second kappa shape index (κ2) is 7.20. The van der Waals surface area contributed by atoms with Gasteiger partial charge in [0, 0.05) is 37.5 Å². The molecule has 4 rings (SSSR count). The zero-order chi connectivity index (χ0) is 15.7. The Kier molecular flexibility index (Phi) is 5.21. The van der Waals surface area contributed by atoms with E-state index < -0.39 is 0 Å². The summed E-state index contributed by atoms with van der Waals surface area (Å²) in [6, 6.07) is 17.7. The van der Waals surface area contributed by atoms with Crippen molar-refractivity contribution < 1.29 is 22.3 Å². The number of pyridine rings is 1. The van der Waals surface area contributed by atoms with Crippen molar-refractivity contribution in [3.05, 3.63) is 72.1 Å². The van der Waals surface area contributed by atoms with E-state index in [-0.39, 0.29) is 17.0 Å². The number of halogens is 1. The summed E-state index contributed by atoms with van der Waals surface area (Å²) in [5.41, 5.74) is 4.11. The molecule has 2 fully saturated rings. The molecule has 1 aromatic heterocycles. The molecule has 3 heterocycles. The van der Waals surface area contributed by atoms with Gasteiger partial charge in [-0.05, 0) is 30.5 Å². The number of piperidine rings is 1. The molecule has 3 atom stereocenters. The van der Waals surface area contributed by atoms with Crippen LogP contribution in [0.25, 0.3) is 5.57 Å². The molecule has 2 nitrogen and oxygen atoms in total. The highest BCUT2D eigenvalue weighted by atomic mass is 79.9. The van der Waals surface area contributed by atoms with Crippen LogP contribution in [-0.4, -0.2) is 16.6 Å². The lowest BCUT2D eigenvalue weighted by Crippen LogP contribution is -3.00. The highest BCUT2D eigenvalue weighted by Gasteiger charge is 2.45. The highest BCUT2D eigenvalue weighted by molar-refractivity contribution is 5.77. The van der Waals surface area contributed by atoms with Crippen LogP contribution in [0.3, 0.4) is 0 Å². The summed E-state index contributed by atoms with van der Waals surface area (Å²) in [4.78, 5) is 4.62. The lowest BCUT2D eigenvalue weighted by molar-refractivity contribution is -0.743. The number of hydrogen-bond donors (Lipinski definition) is 1. The molecule has 2 saturated heterocycles. The van der Waals surface area contributed by atoms with Gasteiger partial charge in [-0.2, -0.15) is 0 Å². The summed E-state index contributed by atoms with van der Waals surface area (Å²) >= 11 is 0. The van der Waals surface area contributed by atoms with Crippen molar-refractivity contribution in [3.8, 4) is 0 Å². The molecule has 3 unspecified atom stereocenters. The summed E-state index contributed by atoms with van der Waals surface area (Å²) in [6.45, 7) is 2.44. The van der Waals surface area contributed by atoms with Crippen LogP contribution in [-0.2, 0) is 0 Å². The molecule has 2 bridgehead atoms. The first-order valence-electron chi connectivity index (χ1n) is 8.77. The zero-order valence-corrected chi connectivity index (χ0v) is 15.7. The third kappa shape index (κ3) is 3.62. The van der Waals surface area contributed by atoms with Crippen LogP contribution < -0.4 is 22.3 Å². The normalized spacial score (nSPS) is 29.1. The van der Waals surface area contributed by atoms with Gasteiger partial charge in [0.25, 0.3) is 0 Å². The number of quaternary nitrogens is 1. The number of fused-ring (bicyclic) bond motifs is 2. The fourth-order valence-corrected chi connectivity index (χ4v) is 4.51. The maximum atomic E-state index is 4.62. The van der Waals surface area contributed by atoms with Gasteiger partial charge in [-0.25, -0.2) is 0 Å². The first-order chi connectivity index (χ1) is 11.2. The molecule has 24 heavy (non-hydrogen) atoms. The molecule has 2 N–H and O–H groups in total. The Bertz CT molecular complexity index is 657. The number of nitrogens with zero attached hydrogens (tertiary/aromatic N) is 1. The summed E-state index contributed by atoms with van der Waals surface area (Å²) in [5.74, 6) is 0.662. The van der Waals surface area contributed by atoms with Gasteiger partial charge in [0.05, 0.1) is 17.3 Å². The van der Waals surface area contributed by atoms with E-state index in [1.54, 1.807) is 0 Å². The smallest absolute Gasteiger partial charge is 0.0943 e. The van der Waals surface area contributed by atoms with Gasteiger partial charge in [0.2, 0.25) is 0 Å². The van der Waals surface area contributed by atoms with Crippen LogP contribution >= 0.6 is 0 Å². The van der Waals surface area contributed by atoms with Crippen molar-refractivity contribution in [2.45, 2.75) is 44.2 Å². The van der Waals surface area contributed by atoms with Gasteiger partial charge < -0.3 is 22.3 Å². The van der Waals surface area contributed by atoms with Gasteiger partial charge in [0.1, 0.15) is 0 Å². The minimum absolute atomic E-state index is 0. The van der Waals surface area contributed by atoms with Crippen molar-refractivity contribution in [2.24, 2.45) is 5.92 Å². The van der Waals surface area contributed by atoms with Crippen molar-refractivity contribution in [2.75, 3.05) is 0 Å². The van der Waals surface area contributed by atoms with E-state index >= 15 is 0 Å². The average Bonchev–Trinajstić information content (AvgIpc) is 2.87. The van der Waals surface area contributed by atoms with Gasteiger partial charge >= 0.3 is 0 Å². The van der Waals surface area contributed by atoms with E-state index in [1.807, 2.05) is 12.3 Å². The quantitative estimate of drug-likeness (QED) is 0.815. The van der Waals surface area contributed by atoms with E-state index in [9.17, 15) is 0 Å². The number of benzene rings is 1. The van der Waals surface area contributed by atoms with Crippen LogP contribution in [0.2, 0.25) is 0 Å². The molecular weight excluding hydrogens is 360 g/mol. The first kappa shape index (κ1) is 17.4. The minimum Gasteiger partial charge on any atom is -1.00 e. The van der Waals surface area contributed by atoms with Crippen LogP contribution in [0.4, 0.5) is 0 Å². The largest absolute Gasteiger partial charge is 1.00 e. The number of rotatable bonds is 3. The van der Waals surface area contributed by atoms with Gasteiger partial charge in [-0.15, -0.1) is 0 Å². The molecule has 2 aliphatic heterocycles. The number of allylic oxidation sites excluding steroid dienone is 1. The maximum absolute atomic E-state index is 4.62. The standard InChI is InChI=1S/C21H24N2.BrH/c1-21-11-10-18(23-21)13-16(15-21)14-19(17-7-3-2-4-8-17)20-9-5-6-12-22-20;/h2-9,12,14,16,18,23H,10-11,13,15H2,1H3;1H. The Morgan fingerprint density at radius 1 is 1.17 bits per heavy atom. The third-order valence-corrected chi connectivity index (χ3v) is 5.49. The molecule has 0 amide bonds. The number of hydrogen-bond acceptors (Lipinski definition) is 1. The topological polar surface area (TPSA) is 29.5 Å². The first-order valence-corrected chi connectivity index (χ1v) is 8.77. The molecule has 0 spiro atoms. The zero-order valence-electron chi connectivity index (χ0n) is 14.2. The van der Waals surface area contributed by atoms with E-state index in [4.69, 9.17) is 0 Å². The Labute approximate surface area is 155 Å². The van der Waals surface area contributed by atoms with Gasteiger partial charge in [0.15, 0.2) is 0 Å². The van der Waals surface area contributed by atoms with Crippen LogP contribution in [0.15, 0.2) is 60.8 Å². The second-order valence-corrected chi connectivity index (χ2v) is 7.48. The molecule has 2 aliphatic rings. The minimum atomic E-state index is 0. The predicted molar refractivity (Wildman–Crippen MR) is 93.8 cm³/mol. The van der Waals surface area contributed by atoms with Gasteiger partial charge in [-0.1, -0.05) is 42.5 Å². The maximum Gasteiger partial charge on any atom is 0.0943 e. The Hall–Kier alpha value is -1.45. The fourth-order valence-electron chi connectivity index (χ4n) is 4.51. The van der Waals surface area contributed by atoms with Crippen molar-refractivity contribution in [1.82, 2.24) is 4.98 Å². The van der Waals surface area contributed by atoms with E-state index in [0.29, 0.717) is 11.5 Å². The molecule has 126 valence electrons. The Morgan fingerprint density at radius 2 is 1.96 bits per heavy atom. The molecule has 0 aliphatic carbocycles. The van der Waals surface area contributed by atoms with Crippen molar-refractivity contribution >= 4 is 5.57 Å². The summed E-state index contributed by atoms with van der Waals surface area (Å²) in [5, 5.41) is 2.63. The van der Waals surface area contributed by atoms with E-state index in [1.165, 1.54) is 36.8 Å². The highest BCUT2D eigenvalue weighted by Crippen LogP contribution is 2.36. The van der Waals surface area contributed by atoms with E-state index in [0.717, 1.165) is 11.7 Å². The van der Waals surface area contributed by atoms with Crippen LogP contribution in [0.5, 0.6) is 0 Å². The third-order valence-electron chi connectivity index (χ3n) is 5.49. The lowest BCUT2D eigenvalue weighted by atomic mass is 9.82. The van der Waals surface area contributed by atoms with E-state index in [2.05, 4.69) is 65.8 Å². The molecular formula is C21H25BrN2. The number of aromatic nitrogens is 1. The molecule has 3 heteroatoms. The van der Waals surface area contributed by atoms with Gasteiger partial charge in [-0.3, -0.25) is 4.98 Å². The predicted octanol–water partition coefficient (Wildman–Crippen LogP) is 0.412. The second-order valence-electron chi connectivity index (χ2n) is 7.48. The summed E-state index contributed by atoms with van der Waals surface area (Å²) < 4.78 is 0. The average molecular weight is 385 g/mol. The van der Waals surface area contributed by atoms with Crippen LogP contribution in [0.1, 0.15) is 43.9 Å². The molecule has 1 aromatic carbocycles. The van der Waals surface area contributed by atoms with Crippen LogP contribution in [0, 0.1) is 5.92 Å². The number of nitrogens with two attached hydrogens (primary N) is 1. The molecule has 0 saturated carbocycles. The molecule has 0 radical (unpaired) electrons. The summed E-state index contributed by atoms with van der Waals surface area (Å²) in [7, 11) is 0. The SMILES string of the molecule is CC12CCC(CC(C=C(c3ccccc3)c3ccccn3)C1)[NH2+]2.[Br-]. The Morgan fingerprint density at radius 3 is 2.67 bits per heavy atom. The monoisotopic (exact) mass is 384 g/mol.